The van der Waals surface area contributed by atoms with Gasteiger partial charge in [0.25, 0.3) is 0 Å². The Kier molecular flexibility index (Phi) is 5.90. The molecule has 1 atom stereocenters. The Labute approximate surface area is 126 Å². The lowest BCUT2D eigenvalue weighted by Gasteiger charge is -2.19. The zero-order chi connectivity index (χ0) is 15.1. The molecular formula is C18H22FNO. The van der Waals surface area contributed by atoms with Gasteiger partial charge in [-0.2, -0.15) is 0 Å². The average Bonchev–Trinajstić information content (AvgIpc) is 2.51. The summed E-state index contributed by atoms with van der Waals surface area (Å²) >= 11 is 0. The first kappa shape index (κ1) is 15.7. The van der Waals surface area contributed by atoms with Crippen molar-refractivity contribution < 1.29 is 9.13 Å². The van der Waals surface area contributed by atoms with E-state index in [9.17, 15) is 4.39 Å². The van der Waals surface area contributed by atoms with Crippen LogP contribution in [0.1, 0.15) is 36.1 Å². The van der Waals surface area contributed by atoms with Gasteiger partial charge in [0.15, 0.2) is 0 Å². The van der Waals surface area contributed by atoms with Gasteiger partial charge in [0, 0.05) is 25.3 Å². The second-order valence-corrected chi connectivity index (χ2v) is 5.06. The summed E-state index contributed by atoms with van der Waals surface area (Å²) in [6, 6.07) is 15.1. The molecule has 0 aliphatic heterocycles. The first-order chi connectivity index (χ1) is 10.3. The van der Waals surface area contributed by atoms with Crippen LogP contribution < -0.4 is 5.32 Å². The van der Waals surface area contributed by atoms with Gasteiger partial charge in [-0.1, -0.05) is 49.4 Å². The summed E-state index contributed by atoms with van der Waals surface area (Å²) in [5.41, 5.74) is 3.08. The third-order valence-corrected chi connectivity index (χ3v) is 3.65. The van der Waals surface area contributed by atoms with Gasteiger partial charge < -0.3 is 10.1 Å². The van der Waals surface area contributed by atoms with Gasteiger partial charge in [-0.15, -0.1) is 0 Å². The quantitative estimate of drug-likeness (QED) is 0.823. The lowest BCUT2D eigenvalue weighted by Crippen LogP contribution is -2.22. The Hall–Kier alpha value is -1.71. The smallest absolute Gasteiger partial charge is 0.127 e. The molecule has 0 amide bonds. The summed E-state index contributed by atoms with van der Waals surface area (Å²) in [4.78, 5) is 0. The predicted molar refractivity (Wildman–Crippen MR) is 83.4 cm³/mol. The van der Waals surface area contributed by atoms with E-state index < -0.39 is 0 Å². The van der Waals surface area contributed by atoms with Crippen molar-refractivity contribution in [1.82, 2.24) is 5.32 Å². The number of hydrogen-bond donors (Lipinski definition) is 1. The van der Waals surface area contributed by atoms with E-state index >= 15 is 0 Å². The van der Waals surface area contributed by atoms with E-state index in [2.05, 4.69) is 24.4 Å². The number of rotatable bonds is 7. The van der Waals surface area contributed by atoms with Crippen LogP contribution in [0.5, 0.6) is 0 Å². The maximum absolute atomic E-state index is 13.9. The van der Waals surface area contributed by atoms with E-state index in [1.54, 1.807) is 13.2 Å². The van der Waals surface area contributed by atoms with Crippen LogP contribution in [-0.4, -0.2) is 7.11 Å². The second kappa shape index (κ2) is 7.91. The first-order valence-electron chi connectivity index (χ1n) is 7.29. The number of methoxy groups -OCH3 is 1. The molecule has 0 fully saturated rings. The molecule has 0 spiro atoms. The highest BCUT2D eigenvalue weighted by molar-refractivity contribution is 5.27. The predicted octanol–water partition coefficient (Wildman–Crippen LogP) is 4.21. The Bertz CT molecular complexity index is 571. The molecule has 1 N–H and O–H groups in total. The zero-order valence-corrected chi connectivity index (χ0v) is 12.6. The van der Waals surface area contributed by atoms with Crippen molar-refractivity contribution in [2.75, 3.05) is 7.11 Å². The summed E-state index contributed by atoms with van der Waals surface area (Å²) in [7, 11) is 1.69. The maximum atomic E-state index is 13.9. The fourth-order valence-corrected chi connectivity index (χ4v) is 2.49. The van der Waals surface area contributed by atoms with Gasteiger partial charge in [-0.3, -0.25) is 0 Å². The molecule has 2 aromatic carbocycles. The van der Waals surface area contributed by atoms with Crippen LogP contribution in [0.15, 0.2) is 48.5 Å². The first-order valence-corrected chi connectivity index (χ1v) is 7.29. The number of nitrogens with one attached hydrogen (secondary N) is 1. The molecule has 2 nitrogen and oxygen atoms in total. The second-order valence-electron chi connectivity index (χ2n) is 5.06. The normalized spacial score (nSPS) is 12.3. The van der Waals surface area contributed by atoms with Gasteiger partial charge in [0.2, 0.25) is 0 Å². The number of ether oxygens (including phenoxy) is 1. The molecule has 0 radical (unpaired) electrons. The fraction of sp³-hybridized carbons (Fsp3) is 0.333. The molecule has 0 aliphatic rings. The van der Waals surface area contributed by atoms with E-state index in [1.165, 1.54) is 11.6 Å². The molecule has 0 aliphatic carbocycles. The Morgan fingerprint density at radius 2 is 1.71 bits per heavy atom. The van der Waals surface area contributed by atoms with E-state index in [0.29, 0.717) is 13.2 Å². The third kappa shape index (κ3) is 4.13. The van der Waals surface area contributed by atoms with Crippen LogP contribution in [-0.2, 0) is 17.9 Å². The Balaban J connectivity index is 2.09. The van der Waals surface area contributed by atoms with Gasteiger partial charge >= 0.3 is 0 Å². The highest BCUT2D eigenvalue weighted by Gasteiger charge is 2.13. The summed E-state index contributed by atoms with van der Waals surface area (Å²) < 4.78 is 19.1. The summed E-state index contributed by atoms with van der Waals surface area (Å²) in [6.07, 6.45) is 0.841. The Morgan fingerprint density at radius 3 is 2.38 bits per heavy atom. The van der Waals surface area contributed by atoms with E-state index in [1.807, 2.05) is 24.3 Å². The Morgan fingerprint density at radius 1 is 1.05 bits per heavy atom. The van der Waals surface area contributed by atoms with E-state index in [0.717, 1.165) is 17.5 Å². The largest absolute Gasteiger partial charge is 0.380 e. The number of hydrogen-bond acceptors (Lipinski definition) is 2. The standard InChI is InChI=1S/C18H22FNO/c1-3-18(16-10-6-7-11-17(16)19)20-12-14-8-4-5-9-15(14)13-21-2/h4-11,18,20H,3,12-13H2,1-2H3. The van der Waals surface area contributed by atoms with E-state index in [4.69, 9.17) is 4.74 Å². The molecule has 0 aromatic heterocycles. The summed E-state index contributed by atoms with van der Waals surface area (Å²) in [5, 5.41) is 3.45. The molecule has 0 heterocycles. The van der Waals surface area contributed by atoms with Gasteiger partial charge in [-0.25, -0.2) is 4.39 Å². The van der Waals surface area contributed by atoms with Crippen LogP contribution in [0.4, 0.5) is 4.39 Å². The van der Waals surface area contributed by atoms with Crippen LogP contribution in [0.25, 0.3) is 0 Å². The van der Waals surface area contributed by atoms with Gasteiger partial charge in [0.1, 0.15) is 5.82 Å². The lowest BCUT2D eigenvalue weighted by molar-refractivity contribution is 0.184. The molecule has 1 unspecified atom stereocenters. The molecular weight excluding hydrogens is 265 g/mol. The molecule has 2 rings (SSSR count). The fourth-order valence-electron chi connectivity index (χ4n) is 2.49. The highest BCUT2D eigenvalue weighted by Crippen LogP contribution is 2.21. The lowest BCUT2D eigenvalue weighted by atomic mass is 10.0. The van der Waals surface area contributed by atoms with Crippen LogP contribution in [0.2, 0.25) is 0 Å². The van der Waals surface area contributed by atoms with E-state index in [-0.39, 0.29) is 11.9 Å². The molecule has 21 heavy (non-hydrogen) atoms. The van der Waals surface area contributed by atoms with Gasteiger partial charge in [-0.05, 0) is 23.6 Å². The molecule has 0 bridgehead atoms. The van der Waals surface area contributed by atoms with Crippen LogP contribution in [0, 0.1) is 5.82 Å². The minimum atomic E-state index is -0.151. The maximum Gasteiger partial charge on any atom is 0.127 e. The van der Waals surface area contributed by atoms with Crippen molar-refractivity contribution in [3.8, 4) is 0 Å². The zero-order valence-electron chi connectivity index (χ0n) is 12.6. The number of benzene rings is 2. The summed E-state index contributed by atoms with van der Waals surface area (Å²) in [5.74, 6) is -0.151. The SMILES string of the molecule is CCC(NCc1ccccc1COC)c1ccccc1F. The highest BCUT2D eigenvalue weighted by atomic mass is 19.1. The summed E-state index contributed by atoms with van der Waals surface area (Å²) in [6.45, 7) is 3.35. The van der Waals surface area contributed by atoms with Gasteiger partial charge in [0.05, 0.1) is 6.61 Å². The topological polar surface area (TPSA) is 21.3 Å². The van der Waals surface area contributed by atoms with Crippen molar-refractivity contribution in [2.45, 2.75) is 32.5 Å². The number of halogens is 1. The molecule has 3 heteroatoms. The minimum absolute atomic E-state index is 0.0156. The van der Waals surface area contributed by atoms with Crippen molar-refractivity contribution in [3.63, 3.8) is 0 Å². The molecule has 0 saturated heterocycles. The monoisotopic (exact) mass is 287 g/mol. The van der Waals surface area contributed by atoms with Crippen molar-refractivity contribution in [2.24, 2.45) is 0 Å². The van der Waals surface area contributed by atoms with Crippen molar-refractivity contribution >= 4 is 0 Å². The average molecular weight is 287 g/mol. The van der Waals surface area contributed by atoms with Crippen LogP contribution in [0.3, 0.4) is 0 Å². The third-order valence-electron chi connectivity index (χ3n) is 3.65. The molecule has 112 valence electrons. The molecule has 2 aromatic rings. The van der Waals surface area contributed by atoms with Crippen molar-refractivity contribution in [1.29, 1.82) is 0 Å². The minimum Gasteiger partial charge on any atom is -0.380 e. The van der Waals surface area contributed by atoms with Crippen molar-refractivity contribution in [3.05, 3.63) is 71.0 Å². The molecule has 0 saturated carbocycles. The van der Waals surface area contributed by atoms with Crippen LogP contribution >= 0.6 is 0 Å².